The molecule has 0 heterocycles. The van der Waals surface area contributed by atoms with Crippen molar-refractivity contribution in [3.05, 3.63) is 107 Å². The smallest absolute Gasteiger partial charge is 0.243 e. The van der Waals surface area contributed by atoms with Crippen LogP contribution < -0.4 is 5.32 Å². The Bertz CT molecular complexity index is 1130. The minimum atomic E-state index is -0.560. The van der Waals surface area contributed by atoms with E-state index in [4.69, 9.17) is 0 Å². The van der Waals surface area contributed by atoms with Crippen LogP contribution in [0.4, 0.5) is 0 Å². The highest BCUT2D eigenvalue weighted by Gasteiger charge is 2.31. The molecule has 0 unspecified atom stereocenters. The molecule has 1 aliphatic rings. The van der Waals surface area contributed by atoms with Crippen molar-refractivity contribution in [1.29, 1.82) is 0 Å². The molecule has 3 aromatic carbocycles. The van der Waals surface area contributed by atoms with Gasteiger partial charge < -0.3 is 10.2 Å². The van der Waals surface area contributed by atoms with Gasteiger partial charge in [0.05, 0.1) is 5.75 Å². The van der Waals surface area contributed by atoms with Gasteiger partial charge in [-0.3, -0.25) is 9.59 Å². The maximum atomic E-state index is 13.8. The molecule has 1 atom stereocenters. The molecular weight excluding hydrogens is 476 g/mol. The number of nitrogens with zero attached hydrogens (tertiary/aromatic N) is 1. The van der Waals surface area contributed by atoms with Gasteiger partial charge in [-0.2, -0.15) is 0 Å². The summed E-state index contributed by atoms with van der Waals surface area (Å²) in [7, 11) is 0. The van der Waals surface area contributed by atoms with Gasteiger partial charge in [-0.1, -0.05) is 110 Å². The van der Waals surface area contributed by atoms with Crippen LogP contribution >= 0.6 is 11.8 Å². The second-order valence-electron chi connectivity index (χ2n) is 10.0. The summed E-state index contributed by atoms with van der Waals surface area (Å²) in [5.41, 5.74) is 4.45. The Labute approximate surface area is 225 Å². The van der Waals surface area contributed by atoms with E-state index < -0.39 is 6.04 Å². The third kappa shape index (κ3) is 8.50. The fourth-order valence-electron chi connectivity index (χ4n) is 5.02. The lowest BCUT2D eigenvalue weighted by Gasteiger charge is -2.33. The van der Waals surface area contributed by atoms with E-state index in [1.54, 1.807) is 11.8 Å². The molecule has 0 saturated heterocycles. The van der Waals surface area contributed by atoms with Crippen LogP contribution in [0.3, 0.4) is 0 Å². The maximum Gasteiger partial charge on any atom is 0.243 e. The molecule has 1 saturated carbocycles. The van der Waals surface area contributed by atoms with Gasteiger partial charge in [0.2, 0.25) is 11.8 Å². The zero-order valence-corrected chi connectivity index (χ0v) is 22.6. The van der Waals surface area contributed by atoms with Gasteiger partial charge in [-0.15, -0.1) is 11.8 Å². The molecule has 3 aromatic rings. The van der Waals surface area contributed by atoms with Crippen LogP contribution in [0.1, 0.15) is 54.4 Å². The molecule has 0 spiro atoms. The van der Waals surface area contributed by atoms with E-state index in [-0.39, 0.29) is 17.9 Å². The summed E-state index contributed by atoms with van der Waals surface area (Å²) < 4.78 is 0. The van der Waals surface area contributed by atoms with Crippen molar-refractivity contribution in [2.75, 3.05) is 5.75 Å². The highest BCUT2D eigenvalue weighted by molar-refractivity contribution is 7.99. The Hall–Kier alpha value is -3.05. The van der Waals surface area contributed by atoms with Crippen molar-refractivity contribution in [3.8, 4) is 0 Å². The number of hydrogen-bond acceptors (Lipinski definition) is 3. The maximum absolute atomic E-state index is 13.8. The van der Waals surface area contributed by atoms with Gasteiger partial charge >= 0.3 is 0 Å². The average molecular weight is 515 g/mol. The lowest BCUT2D eigenvalue weighted by Crippen LogP contribution is -2.53. The largest absolute Gasteiger partial charge is 0.352 e. The summed E-state index contributed by atoms with van der Waals surface area (Å²) in [5.74, 6) is 1.07. The van der Waals surface area contributed by atoms with Crippen molar-refractivity contribution in [2.24, 2.45) is 0 Å². The predicted molar refractivity (Wildman–Crippen MR) is 153 cm³/mol. The number of rotatable bonds is 11. The number of nitrogens with one attached hydrogen (secondary N) is 1. The summed E-state index contributed by atoms with van der Waals surface area (Å²) in [4.78, 5) is 29.4. The van der Waals surface area contributed by atoms with Crippen molar-refractivity contribution >= 4 is 23.6 Å². The molecular formula is C32H38N2O2S. The van der Waals surface area contributed by atoms with Crippen LogP contribution in [-0.2, 0) is 28.3 Å². The van der Waals surface area contributed by atoms with E-state index in [1.165, 1.54) is 12.0 Å². The topological polar surface area (TPSA) is 49.4 Å². The normalized spacial score (nSPS) is 14.6. The number of aryl methyl sites for hydroxylation is 1. The lowest BCUT2D eigenvalue weighted by atomic mass is 9.94. The van der Waals surface area contributed by atoms with Crippen LogP contribution in [0, 0.1) is 6.92 Å². The molecule has 0 bridgehead atoms. The first-order valence-electron chi connectivity index (χ1n) is 13.4. The van der Waals surface area contributed by atoms with Crippen molar-refractivity contribution < 1.29 is 9.59 Å². The van der Waals surface area contributed by atoms with Gasteiger partial charge in [-0.05, 0) is 36.5 Å². The second kappa shape index (κ2) is 14.0. The van der Waals surface area contributed by atoms with Gasteiger partial charge in [0.1, 0.15) is 6.04 Å². The van der Waals surface area contributed by atoms with Crippen LogP contribution in [0.5, 0.6) is 0 Å². The molecule has 194 valence electrons. The minimum Gasteiger partial charge on any atom is -0.352 e. The Balaban J connectivity index is 1.56. The monoisotopic (exact) mass is 514 g/mol. The SMILES string of the molecule is Cc1cccc(CN(C(=O)CSCc2ccccc2)[C@H](Cc2ccccc2)C(=O)NC2CCCCC2)c1. The molecule has 0 aromatic heterocycles. The summed E-state index contributed by atoms with van der Waals surface area (Å²) in [6, 6.07) is 28.1. The highest BCUT2D eigenvalue weighted by Crippen LogP contribution is 2.21. The quantitative estimate of drug-likeness (QED) is 0.326. The number of amides is 2. The molecule has 37 heavy (non-hydrogen) atoms. The van der Waals surface area contributed by atoms with Crippen LogP contribution in [0.25, 0.3) is 0 Å². The molecule has 4 nitrogen and oxygen atoms in total. The second-order valence-corrected chi connectivity index (χ2v) is 11.0. The molecule has 1 N–H and O–H groups in total. The Morgan fingerprint density at radius 2 is 1.51 bits per heavy atom. The van der Waals surface area contributed by atoms with E-state index in [0.29, 0.717) is 18.7 Å². The molecule has 1 fully saturated rings. The van der Waals surface area contributed by atoms with Crippen molar-refractivity contribution in [3.63, 3.8) is 0 Å². The van der Waals surface area contributed by atoms with E-state index in [1.807, 2.05) is 65.6 Å². The van der Waals surface area contributed by atoms with E-state index in [9.17, 15) is 9.59 Å². The molecule has 0 aliphatic heterocycles. The summed E-state index contributed by atoms with van der Waals surface area (Å²) >= 11 is 1.60. The molecule has 4 rings (SSSR count). The van der Waals surface area contributed by atoms with Gasteiger partial charge in [0.25, 0.3) is 0 Å². The van der Waals surface area contributed by atoms with E-state index in [0.717, 1.165) is 48.1 Å². The molecule has 5 heteroatoms. The minimum absolute atomic E-state index is 0.00200. The standard InChI is InChI=1S/C32H38N2O2S/c1-25-12-11-17-28(20-25)22-34(31(35)24-37-23-27-15-7-3-8-16-27)30(21-26-13-5-2-6-14-26)32(36)33-29-18-9-4-10-19-29/h2-3,5-8,11-17,20,29-30H,4,9-10,18-19,21-24H2,1H3,(H,33,36)/t30-/m1/s1. The average Bonchev–Trinajstić information content (AvgIpc) is 2.92. The first kappa shape index (κ1) is 27.0. The first-order chi connectivity index (χ1) is 18.1. The third-order valence-electron chi connectivity index (χ3n) is 7.00. The first-order valence-corrected chi connectivity index (χ1v) is 14.5. The number of hydrogen-bond donors (Lipinski definition) is 1. The third-order valence-corrected chi connectivity index (χ3v) is 7.98. The Morgan fingerprint density at radius 1 is 0.865 bits per heavy atom. The Morgan fingerprint density at radius 3 is 2.19 bits per heavy atom. The molecule has 2 amide bonds. The predicted octanol–water partition coefficient (Wildman–Crippen LogP) is 6.32. The summed E-state index contributed by atoms with van der Waals surface area (Å²) in [5, 5.41) is 3.31. The zero-order valence-electron chi connectivity index (χ0n) is 21.8. The van der Waals surface area contributed by atoms with Gasteiger partial charge in [-0.25, -0.2) is 0 Å². The molecule has 0 radical (unpaired) electrons. The van der Waals surface area contributed by atoms with Crippen molar-refractivity contribution in [2.45, 2.75) is 69.8 Å². The fraction of sp³-hybridized carbons (Fsp3) is 0.375. The van der Waals surface area contributed by atoms with Crippen LogP contribution in [0.15, 0.2) is 84.9 Å². The molecule has 1 aliphatic carbocycles. The summed E-state index contributed by atoms with van der Waals surface area (Å²) in [6.07, 6.45) is 6.06. The lowest BCUT2D eigenvalue weighted by molar-refractivity contribution is -0.139. The van der Waals surface area contributed by atoms with Gasteiger partial charge in [0, 0.05) is 24.8 Å². The van der Waals surface area contributed by atoms with Gasteiger partial charge in [0.15, 0.2) is 0 Å². The van der Waals surface area contributed by atoms with Crippen LogP contribution in [0.2, 0.25) is 0 Å². The number of carbonyl (C=O) groups is 2. The van der Waals surface area contributed by atoms with E-state index in [2.05, 4.69) is 36.5 Å². The number of thioether (sulfide) groups is 1. The zero-order chi connectivity index (χ0) is 25.9. The number of benzene rings is 3. The number of carbonyl (C=O) groups excluding carboxylic acids is 2. The van der Waals surface area contributed by atoms with E-state index >= 15 is 0 Å². The fourth-order valence-corrected chi connectivity index (χ4v) is 5.89. The summed E-state index contributed by atoms with van der Waals surface area (Å²) in [6.45, 7) is 2.48. The highest BCUT2D eigenvalue weighted by atomic mass is 32.2. The van der Waals surface area contributed by atoms with Crippen molar-refractivity contribution in [1.82, 2.24) is 10.2 Å². The Kier molecular flexibility index (Phi) is 10.2. The van der Waals surface area contributed by atoms with Crippen LogP contribution in [-0.4, -0.2) is 34.6 Å².